The predicted octanol–water partition coefficient (Wildman–Crippen LogP) is 4.54. The fourth-order valence-corrected chi connectivity index (χ4v) is 3.64. The molecule has 0 spiro atoms. The maximum atomic E-state index is 5.70. The van der Waals surface area contributed by atoms with Crippen LogP contribution in [0.2, 0.25) is 0 Å². The predicted molar refractivity (Wildman–Crippen MR) is 122 cm³/mol. The summed E-state index contributed by atoms with van der Waals surface area (Å²) in [6.45, 7) is 5.81. The van der Waals surface area contributed by atoms with Gasteiger partial charge in [-0.15, -0.1) is 6.58 Å². The van der Waals surface area contributed by atoms with E-state index < -0.39 is 0 Å². The number of benzene rings is 2. The number of hydrogen-bond donors (Lipinski definition) is 0. The first kappa shape index (κ1) is 20.0. The lowest BCUT2D eigenvalue weighted by Crippen LogP contribution is -2.22. The van der Waals surface area contributed by atoms with Crippen molar-refractivity contribution in [2.45, 2.75) is 19.8 Å². The highest BCUT2D eigenvalue weighted by atomic mass is 32.1. The van der Waals surface area contributed by atoms with Gasteiger partial charge in [0.05, 0.1) is 18.6 Å². The smallest absolute Gasteiger partial charge is 0.199 e. The number of nitrogens with zero attached hydrogens (tertiary/aromatic N) is 6. The topological polar surface area (TPSA) is 43.8 Å². The van der Waals surface area contributed by atoms with Crippen LogP contribution in [-0.2, 0) is 19.8 Å². The van der Waals surface area contributed by atoms with Crippen LogP contribution in [-0.4, -0.2) is 36.1 Å². The summed E-state index contributed by atoms with van der Waals surface area (Å²) in [6, 6.07) is 20.2. The number of rotatable bonds is 8. The quantitative estimate of drug-likeness (QED) is 0.312. The lowest BCUT2D eigenvalue weighted by Gasteiger charge is -2.15. The van der Waals surface area contributed by atoms with Crippen LogP contribution in [0.5, 0.6) is 0 Å². The molecule has 2 aromatic carbocycles. The highest BCUT2D eigenvalue weighted by Crippen LogP contribution is 2.18. The van der Waals surface area contributed by atoms with Crippen LogP contribution in [0, 0.1) is 4.77 Å². The lowest BCUT2D eigenvalue weighted by atomic mass is 10.2. The van der Waals surface area contributed by atoms with Gasteiger partial charge in [-0.1, -0.05) is 54.6 Å². The first-order chi connectivity index (χ1) is 14.7. The Morgan fingerprint density at radius 2 is 1.77 bits per heavy atom. The van der Waals surface area contributed by atoms with Crippen molar-refractivity contribution in [3.8, 4) is 17.1 Å². The second-order valence-corrected chi connectivity index (χ2v) is 7.52. The van der Waals surface area contributed by atoms with Crippen LogP contribution in [0.15, 0.2) is 85.7 Å². The SMILES string of the molecule is C=CCn1c(-c2ccccc2)nn(CN(C)Cc2cnn(-c3ccccc3)c2)c1=S. The van der Waals surface area contributed by atoms with E-state index in [9.17, 15) is 0 Å². The Kier molecular flexibility index (Phi) is 6.02. The Balaban J connectivity index is 1.52. The molecule has 7 heteroatoms. The van der Waals surface area contributed by atoms with Gasteiger partial charge >= 0.3 is 0 Å². The molecule has 0 saturated heterocycles. The summed E-state index contributed by atoms with van der Waals surface area (Å²) in [7, 11) is 2.05. The zero-order valence-electron chi connectivity index (χ0n) is 16.9. The van der Waals surface area contributed by atoms with Gasteiger partial charge in [0.1, 0.15) is 0 Å². The molecule has 4 aromatic rings. The highest BCUT2D eigenvalue weighted by Gasteiger charge is 2.13. The maximum absolute atomic E-state index is 5.70. The second-order valence-electron chi connectivity index (χ2n) is 7.16. The molecule has 0 unspecified atom stereocenters. The Bertz CT molecular complexity index is 1170. The highest BCUT2D eigenvalue weighted by molar-refractivity contribution is 7.71. The summed E-state index contributed by atoms with van der Waals surface area (Å²) in [5.41, 5.74) is 3.21. The Labute approximate surface area is 181 Å². The van der Waals surface area contributed by atoms with Gasteiger partial charge in [-0.05, 0) is 31.4 Å². The van der Waals surface area contributed by atoms with E-state index in [4.69, 9.17) is 17.3 Å². The Morgan fingerprint density at radius 1 is 1.07 bits per heavy atom. The first-order valence-electron chi connectivity index (χ1n) is 9.77. The molecule has 0 aliphatic rings. The molecule has 4 rings (SSSR count). The summed E-state index contributed by atoms with van der Waals surface area (Å²) in [5.74, 6) is 0.853. The normalized spacial score (nSPS) is 11.1. The standard InChI is InChI=1S/C23H24N6S/c1-3-14-27-22(20-10-6-4-7-11-20)25-29(23(27)30)18-26(2)16-19-15-24-28(17-19)21-12-8-5-9-13-21/h3-13,15,17H,1,14,16,18H2,2H3. The molecule has 2 aromatic heterocycles. The summed E-state index contributed by atoms with van der Waals surface area (Å²) in [4.78, 5) is 2.17. The minimum absolute atomic E-state index is 0.583. The average molecular weight is 417 g/mol. The maximum Gasteiger partial charge on any atom is 0.199 e. The third-order valence-electron chi connectivity index (χ3n) is 4.75. The summed E-state index contributed by atoms with van der Waals surface area (Å²) < 4.78 is 6.45. The molecule has 30 heavy (non-hydrogen) atoms. The fourth-order valence-electron chi connectivity index (χ4n) is 3.38. The van der Waals surface area contributed by atoms with Crippen molar-refractivity contribution in [1.29, 1.82) is 0 Å². The molecule has 0 aliphatic heterocycles. The van der Waals surface area contributed by atoms with Gasteiger partial charge in [-0.2, -0.15) is 10.2 Å². The van der Waals surface area contributed by atoms with E-state index in [0.29, 0.717) is 18.0 Å². The molecule has 152 valence electrons. The monoisotopic (exact) mass is 416 g/mol. The molecule has 0 saturated carbocycles. The largest absolute Gasteiger partial charge is 0.296 e. The van der Waals surface area contributed by atoms with Crippen LogP contribution in [0.4, 0.5) is 0 Å². The van der Waals surface area contributed by atoms with Crippen LogP contribution in [0.1, 0.15) is 5.56 Å². The molecule has 0 aliphatic carbocycles. The van der Waals surface area contributed by atoms with Gasteiger partial charge in [0.2, 0.25) is 0 Å². The molecular weight excluding hydrogens is 392 g/mol. The Morgan fingerprint density at radius 3 is 2.47 bits per heavy atom. The van der Waals surface area contributed by atoms with Gasteiger partial charge < -0.3 is 0 Å². The number of hydrogen-bond acceptors (Lipinski definition) is 4. The third-order valence-corrected chi connectivity index (χ3v) is 5.18. The van der Waals surface area contributed by atoms with Crippen molar-refractivity contribution in [3.05, 3.63) is 96.0 Å². The van der Waals surface area contributed by atoms with Crippen LogP contribution in [0.3, 0.4) is 0 Å². The number of aromatic nitrogens is 5. The summed E-state index contributed by atoms with van der Waals surface area (Å²) >= 11 is 5.70. The zero-order valence-corrected chi connectivity index (χ0v) is 17.7. The molecular formula is C23H24N6S. The van der Waals surface area contributed by atoms with Crippen LogP contribution >= 0.6 is 12.2 Å². The van der Waals surface area contributed by atoms with Crippen molar-refractivity contribution in [3.63, 3.8) is 0 Å². The van der Waals surface area contributed by atoms with Gasteiger partial charge in [0.25, 0.3) is 0 Å². The van der Waals surface area contributed by atoms with E-state index in [1.54, 1.807) is 0 Å². The molecule has 0 N–H and O–H groups in total. The summed E-state index contributed by atoms with van der Waals surface area (Å²) in [5, 5.41) is 9.28. The lowest BCUT2D eigenvalue weighted by molar-refractivity contribution is 0.244. The van der Waals surface area contributed by atoms with Crippen LogP contribution in [0.25, 0.3) is 17.1 Å². The van der Waals surface area contributed by atoms with Gasteiger partial charge in [0.15, 0.2) is 10.6 Å². The molecule has 0 bridgehead atoms. The van der Waals surface area contributed by atoms with Crippen LogP contribution < -0.4 is 0 Å². The number of para-hydroxylation sites is 1. The van der Waals surface area contributed by atoms with Crippen molar-refractivity contribution < 1.29 is 0 Å². The van der Waals surface area contributed by atoms with Crippen molar-refractivity contribution in [2.75, 3.05) is 7.05 Å². The van der Waals surface area contributed by atoms with E-state index in [1.165, 1.54) is 0 Å². The second kappa shape index (κ2) is 9.02. The molecule has 0 amide bonds. The van der Waals surface area contributed by atoms with Crippen molar-refractivity contribution >= 4 is 12.2 Å². The molecule has 6 nitrogen and oxygen atoms in total. The van der Waals surface area contributed by atoms with Crippen molar-refractivity contribution in [2.24, 2.45) is 0 Å². The van der Waals surface area contributed by atoms with E-state index in [0.717, 1.165) is 29.2 Å². The summed E-state index contributed by atoms with van der Waals surface area (Å²) in [6.07, 6.45) is 5.79. The molecule has 0 radical (unpaired) electrons. The van der Waals surface area contributed by atoms with Crippen molar-refractivity contribution in [1.82, 2.24) is 29.0 Å². The molecule has 2 heterocycles. The fraction of sp³-hybridized carbons (Fsp3) is 0.174. The number of allylic oxidation sites excluding steroid dienone is 1. The molecule has 0 atom stereocenters. The first-order valence-corrected chi connectivity index (χ1v) is 10.2. The van der Waals surface area contributed by atoms with E-state index in [-0.39, 0.29) is 0 Å². The third kappa shape index (κ3) is 4.32. The van der Waals surface area contributed by atoms with E-state index >= 15 is 0 Å². The Hall–Kier alpha value is -3.29. The average Bonchev–Trinajstić information content (AvgIpc) is 3.35. The molecule has 0 fully saturated rings. The van der Waals surface area contributed by atoms with E-state index in [2.05, 4.69) is 29.8 Å². The van der Waals surface area contributed by atoms with Gasteiger partial charge in [-0.25, -0.2) is 9.36 Å². The zero-order chi connectivity index (χ0) is 20.9. The van der Waals surface area contributed by atoms with Gasteiger partial charge in [0, 0.05) is 30.4 Å². The van der Waals surface area contributed by atoms with Gasteiger partial charge in [-0.3, -0.25) is 9.47 Å². The van der Waals surface area contributed by atoms with E-state index in [1.807, 2.05) is 86.9 Å². The minimum atomic E-state index is 0.583. The minimum Gasteiger partial charge on any atom is -0.296 e.